The molecular weight excluding hydrogens is 417 g/mol. The van der Waals surface area contributed by atoms with E-state index >= 15 is 0 Å². The first-order chi connectivity index (χ1) is 11.5. The molecule has 1 unspecified atom stereocenters. The van der Waals surface area contributed by atoms with Gasteiger partial charge in [-0.25, -0.2) is 9.97 Å². The molecule has 24 heavy (non-hydrogen) atoms. The topological polar surface area (TPSA) is 55.3 Å². The van der Waals surface area contributed by atoms with Crippen LogP contribution in [0.2, 0.25) is 10.0 Å². The van der Waals surface area contributed by atoms with Crippen LogP contribution in [0.3, 0.4) is 0 Å². The van der Waals surface area contributed by atoms with E-state index in [1.807, 2.05) is 0 Å². The molecule has 1 atom stereocenters. The van der Waals surface area contributed by atoms with Crippen LogP contribution < -0.4 is 4.74 Å². The van der Waals surface area contributed by atoms with Crippen molar-refractivity contribution in [1.29, 1.82) is 0 Å². The zero-order chi connectivity index (χ0) is 17.1. The number of halogens is 3. The van der Waals surface area contributed by atoms with Crippen molar-refractivity contribution < 1.29 is 9.53 Å². The normalized spacial score (nSPS) is 17.6. The molecule has 0 radical (unpaired) electrons. The molecule has 1 fully saturated rings. The smallest absolute Gasteiger partial charge is 0.316 e. The molecular formula is C16H14BrCl2N3O2. The second kappa shape index (κ2) is 7.68. The van der Waals surface area contributed by atoms with E-state index in [-0.39, 0.29) is 18.0 Å². The van der Waals surface area contributed by atoms with Gasteiger partial charge < -0.3 is 9.64 Å². The summed E-state index contributed by atoms with van der Waals surface area (Å²) in [5.41, 5.74) is 0.481. The number of rotatable bonds is 3. The minimum absolute atomic E-state index is 0.105. The van der Waals surface area contributed by atoms with Crippen molar-refractivity contribution in [3.8, 4) is 6.01 Å². The minimum atomic E-state index is -0.158. The molecule has 126 valence electrons. The Morgan fingerprint density at radius 1 is 1.29 bits per heavy atom. The van der Waals surface area contributed by atoms with Gasteiger partial charge in [0.05, 0.1) is 34.5 Å². The van der Waals surface area contributed by atoms with Gasteiger partial charge in [-0.15, -0.1) is 0 Å². The molecule has 2 aromatic rings. The molecule has 1 aliphatic heterocycles. The highest BCUT2D eigenvalue weighted by atomic mass is 79.9. The number of ether oxygens (including phenoxy) is 1. The van der Waals surface area contributed by atoms with E-state index in [0.29, 0.717) is 28.7 Å². The highest BCUT2D eigenvalue weighted by molar-refractivity contribution is 9.10. The average molecular weight is 431 g/mol. The summed E-state index contributed by atoms with van der Waals surface area (Å²) in [6.45, 7) is 1.14. The van der Waals surface area contributed by atoms with Crippen molar-refractivity contribution in [3.63, 3.8) is 0 Å². The molecule has 0 bridgehead atoms. The molecule has 3 rings (SSSR count). The molecule has 0 saturated carbocycles. The lowest BCUT2D eigenvalue weighted by molar-refractivity contribution is 0.0516. The van der Waals surface area contributed by atoms with Gasteiger partial charge in [0.25, 0.3) is 5.91 Å². The van der Waals surface area contributed by atoms with Crippen LogP contribution in [-0.2, 0) is 0 Å². The van der Waals surface area contributed by atoms with Crippen molar-refractivity contribution in [2.24, 2.45) is 0 Å². The largest absolute Gasteiger partial charge is 0.458 e. The van der Waals surface area contributed by atoms with E-state index in [1.54, 1.807) is 23.1 Å². The highest BCUT2D eigenvalue weighted by Crippen LogP contribution is 2.24. The van der Waals surface area contributed by atoms with E-state index in [1.165, 1.54) is 12.4 Å². The molecule has 1 saturated heterocycles. The molecule has 1 aromatic carbocycles. The molecule has 1 aliphatic rings. The number of hydrogen-bond acceptors (Lipinski definition) is 4. The van der Waals surface area contributed by atoms with Crippen LogP contribution in [0.15, 0.2) is 35.1 Å². The molecule has 1 amide bonds. The van der Waals surface area contributed by atoms with Crippen molar-refractivity contribution in [3.05, 3.63) is 50.7 Å². The monoisotopic (exact) mass is 429 g/mol. The third kappa shape index (κ3) is 4.18. The number of benzene rings is 1. The van der Waals surface area contributed by atoms with Crippen LogP contribution >= 0.6 is 39.1 Å². The molecule has 5 nitrogen and oxygen atoms in total. The Kier molecular flexibility index (Phi) is 5.58. The van der Waals surface area contributed by atoms with Gasteiger partial charge in [-0.1, -0.05) is 39.1 Å². The fourth-order valence-corrected chi connectivity index (χ4v) is 3.22. The number of likely N-dealkylation sites (tertiary alicyclic amines) is 1. The first-order valence-corrected chi connectivity index (χ1v) is 8.96. The lowest BCUT2D eigenvalue weighted by Crippen LogP contribution is -2.44. The second-order valence-electron chi connectivity index (χ2n) is 5.44. The molecule has 0 N–H and O–H groups in total. The van der Waals surface area contributed by atoms with Crippen molar-refractivity contribution >= 4 is 45.0 Å². The SMILES string of the molecule is O=C(c1cc(Br)ccc1Cl)N1CCCC(Oc2ncc(Cl)cn2)C1. The second-order valence-corrected chi connectivity index (χ2v) is 7.20. The van der Waals surface area contributed by atoms with E-state index in [2.05, 4.69) is 25.9 Å². The molecule has 8 heteroatoms. The van der Waals surface area contributed by atoms with Gasteiger partial charge in [-0.2, -0.15) is 0 Å². The highest BCUT2D eigenvalue weighted by Gasteiger charge is 2.27. The summed E-state index contributed by atoms with van der Waals surface area (Å²) >= 11 is 15.3. The quantitative estimate of drug-likeness (QED) is 0.731. The van der Waals surface area contributed by atoms with Crippen molar-refractivity contribution in [1.82, 2.24) is 14.9 Å². The van der Waals surface area contributed by atoms with Gasteiger partial charge >= 0.3 is 6.01 Å². The maximum Gasteiger partial charge on any atom is 0.316 e. The van der Waals surface area contributed by atoms with Gasteiger partial charge in [0.15, 0.2) is 0 Å². The summed E-state index contributed by atoms with van der Waals surface area (Å²) in [7, 11) is 0. The maximum absolute atomic E-state index is 12.7. The summed E-state index contributed by atoms with van der Waals surface area (Å²) in [6.07, 6.45) is 4.49. The fraction of sp³-hybridized carbons (Fsp3) is 0.312. The lowest BCUT2D eigenvalue weighted by atomic mass is 10.1. The van der Waals surface area contributed by atoms with E-state index < -0.39 is 0 Å². The number of nitrogens with zero attached hydrogens (tertiary/aromatic N) is 3. The van der Waals surface area contributed by atoms with Gasteiger partial charge in [-0.05, 0) is 31.0 Å². The first kappa shape index (κ1) is 17.5. The van der Waals surface area contributed by atoms with Gasteiger partial charge in [-0.3, -0.25) is 4.79 Å². The standard InChI is InChI=1S/C16H14BrCl2N3O2/c17-10-3-4-14(19)13(6-10)15(23)22-5-1-2-12(9-22)24-16-20-7-11(18)8-21-16/h3-4,6-8,12H,1-2,5,9H2. The average Bonchev–Trinajstić information content (AvgIpc) is 2.59. The number of carbonyl (C=O) groups excluding carboxylic acids is 1. The van der Waals surface area contributed by atoms with Gasteiger partial charge in [0, 0.05) is 11.0 Å². The molecule has 0 spiro atoms. The number of aromatic nitrogens is 2. The van der Waals surface area contributed by atoms with Gasteiger partial charge in [0.1, 0.15) is 6.10 Å². The number of amides is 1. The van der Waals surface area contributed by atoms with Crippen LogP contribution in [0, 0.1) is 0 Å². The molecule has 0 aliphatic carbocycles. The number of carbonyl (C=O) groups is 1. The molecule has 2 heterocycles. The van der Waals surface area contributed by atoms with Crippen molar-refractivity contribution in [2.45, 2.75) is 18.9 Å². The van der Waals surface area contributed by atoms with E-state index in [4.69, 9.17) is 27.9 Å². The Hall–Kier alpha value is -1.37. The zero-order valence-corrected chi connectivity index (χ0v) is 15.7. The summed E-state index contributed by atoms with van der Waals surface area (Å²) in [5, 5.41) is 0.888. The Balaban J connectivity index is 1.69. The summed E-state index contributed by atoms with van der Waals surface area (Å²) < 4.78 is 6.58. The minimum Gasteiger partial charge on any atom is -0.458 e. The summed E-state index contributed by atoms with van der Waals surface area (Å²) in [6, 6.07) is 5.51. The zero-order valence-electron chi connectivity index (χ0n) is 12.6. The van der Waals surface area contributed by atoms with Crippen molar-refractivity contribution in [2.75, 3.05) is 13.1 Å². The Morgan fingerprint density at radius 3 is 2.79 bits per heavy atom. The Labute approximate surface area is 158 Å². The van der Waals surface area contributed by atoms with Crippen LogP contribution in [0.4, 0.5) is 0 Å². The Morgan fingerprint density at radius 2 is 2.04 bits per heavy atom. The number of hydrogen-bond donors (Lipinski definition) is 0. The third-order valence-corrected chi connectivity index (χ3v) is 4.71. The predicted molar refractivity (Wildman–Crippen MR) is 95.7 cm³/mol. The lowest BCUT2D eigenvalue weighted by Gasteiger charge is -2.32. The van der Waals surface area contributed by atoms with Gasteiger partial charge in [0.2, 0.25) is 0 Å². The van der Waals surface area contributed by atoms with E-state index in [9.17, 15) is 4.79 Å². The first-order valence-electron chi connectivity index (χ1n) is 7.41. The maximum atomic E-state index is 12.7. The van der Waals surface area contributed by atoms with Crippen LogP contribution in [0.5, 0.6) is 6.01 Å². The Bertz CT molecular complexity index is 743. The van der Waals surface area contributed by atoms with Crippen LogP contribution in [-0.4, -0.2) is 40.0 Å². The number of piperidine rings is 1. The van der Waals surface area contributed by atoms with Crippen LogP contribution in [0.1, 0.15) is 23.2 Å². The summed E-state index contributed by atoms with van der Waals surface area (Å²) in [5.74, 6) is -0.105. The third-order valence-electron chi connectivity index (χ3n) is 3.69. The fourth-order valence-electron chi connectivity index (χ4n) is 2.56. The summed E-state index contributed by atoms with van der Waals surface area (Å²) in [4.78, 5) is 22.5. The predicted octanol–water partition coefficient (Wildman–Crippen LogP) is 4.23. The molecule has 1 aromatic heterocycles. The van der Waals surface area contributed by atoms with Crippen LogP contribution in [0.25, 0.3) is 0 Å². The van der Waals surface area contributed by atoms with E-state index in [0.717, 1.165) is 17.3 Å².